The Morgan fingerprint density at radius 1 is 1.15 bits per heavy atom. The molecule has 5 nitrogen and oxygen atoms in total. The van der Waals surface area contributed by atoms with Crippen molar-refractivity contribution in [1.29, 1.82) is 0 Å². The van der Waals surface area contributed by atoms with Crippen molar-refractivity contribution < 1.29 is 24.4 Å². The maximum absolute atomic E-state index is 10.2. The van der Waals surface area contributed by atoms with Crippen LogP contribution in [0.3, 0.4) is 0 Å². The molecule has 5 heteroatoms. The number of benzene rings is 2. The molecule has 27 heavy (non-hydrogen) atoms. The highest BCUT2D eigenvalue weighted by molar-refractivity contribution is 5.33. The van der Waals surface area contributed by atoms with Gasteiger partial charge >= 0.3 is 0 Å². The highest BCUT2D eigenvalue weighted by Crippen LogP contribution is 2.38. The molecular weight excluding hydrogens is 344 g/mol. The maximum atomic E-state index is 10.2. The van der Waals surface area contributed by atoms with E-state index in [2.05, 4.69) is 24.3 Å². The largest absolute Gasteiger partial charge is 0.494 e. The van der Waals surface area contributed by atoms with Gasteiger partial charge in [0.2, 0.25) is 0 Å². The van der Waals surface area contributed by atoms with E-state index in [4.69, 9.17) is 14.2 Å². The Labute approximate surface area is 160 Å². The monoisotopic (exact) mass is 372 g/mol. The van der Waals surface area contributed by atoms with Crippen molar-refractivity contribution >= 4 is 0 Å². The lowest BCUT2D eigenvalue weighted by atomic mass is 9.92. The minimum absolute atomic E-state index is 0.266. The molecule has 1 aliphatic rings. The highest BCUT2D eigenvalue weighted by atomic mass is 16.7. The van der Waals surface area contributed by atoms with Gasteiger partial charge in [0.15, 0.2) is 5.79 Å². The van der Waals surface area contributed by atoms with E-state index >= 15 is 0 Å². The lowest BCUT2D eigenvalue weighted by Gasteiger charge is -2.41. The number of ether oxygens (including phenoxy) is 3. The summed E-state index contributed by atoms with van der Waals surface area (Å²) in [6.45, 7) is 2.34. The van der Waals surface area contributed by atoms with Crippen LogP contribution < -0.4 is 4.74 Å². The van der Waals surface area contributed by atoms with E-state index in [9.17, 15) is 10.2 Å². The predicted octanol–water partition coefficient (Wildman–Crippen LogP) is 3.22. The van der Waals surface area contributed by atoms with Crippen molar-refractivity contribution in [2.24, 2.45) is 0 Å². The first-order valence-corrected chi connectivity index (χ1v) is 9.40. The van der Waals surface area contributed by atoms with Crippen LogP contribution in [0.5, 0.6) is 5.75 Å². The SMILES string of the molecule is CCOc1ccc(Cc2cccc(C3CC(O)C[C@@](CO)(OC)O3)c2)cc1. The number of methoxy groups -OCH3 is 1. The van der Waals surface area contributed by atoms with Gasteiger partial charge in [-0.1, -0.05) is 36.4 Å². The van der Waals surface area contributed by atoms with Gasteiger partial charge in [-0.15, -0.1) is 0 Å². The molecule has 1 saturated heterocycles. The molecule has 0 aliphatic carbocycles. The summed E-state index contributed by atoms with van der Waals surface area (Å²) in [6.07, 6.45) is 0.650. The van der Waals surface area contributed by atoms with Crippen molar-refractivity contribution in [2.45, 2.75) is 44.2 Å². The van der Waals surface area contributed by atoms with Crippen molar-refractivity contribution in [1.82, 2.24) is 0 Å². The summed E-state index contributed by atoms with van der Waals surface area (Å²) >= 11 is 0. The van der Waals surface area contributed by atoms with Crippen molar-refractivity contribution in [2.75, 3.05) is 20.3 Å². The van der Waals surface area contributed by atoms with E-state index in [1.807, 2.05) is 31.2 Å². The summed E-state index contributed by atoms with van der Waals surface area (Å²) in [7, 11) is 1.49. The molecule has 1 heterocycles. The Bertz CT molecular complexity index is 724. The molecule has 146 valence electrons. The number of aliphatic hydroxyl groups is 2. The number of aliphatic hydroxyl groups excluding tert-OH is 2. The average molecular weight is 372 g/mol. The summed E-state index contributed by atoms with van der Waals surface area (Å²) in [4.78, 5) is 0. The Kier molecular flexibility index (Phi) is 6.50. The number of hydrogen-bond acceptors (Lipinski definition) is 5. The molecule has 1 aliphatic heterocycles. The Morgan fingerprint density at radius 3 is 2.59 bits per heavy atom. The zero-order valence-corrected chi connectivity index (χ0v) is 15.9. The predicted molar refractivity (Wildman–Crippen MR) is 103 cm³/mol. The Hall–Kier alpha value is -1.92. The summed E-state index contributed by atoms with van der Waals surface area (Å²) in [5.74, 6) is -0.271. The van der Waals surface area contributed by atoms with Gasteiger partial charge in [0.05, 0.1) is 25.4 Å². The zero-order valence-electron chi connectivity index (χ0n) is 15.9. The third-order valence-corrected chi connectivity index (χ3v) is 4.97. The molecular formula is C22H28O5. The van der Waals surface area contributed by atoms with Crippen LogP contribution in [0.25, 0.3) is 0 Å². The second-order valence-electron chi connectivity index (χ2n) is 6.97. The highest BCUT2D eigenvalue weighted by Gasteiger charge is 2.41. The molecule has 3 atom stereocenters. The van der Waals surface area contributed by atoms with E-state index in [-0.39, 0.29) is 19.1 Å². The molecule has 3 rings (SSSR count). The van der Waals surface area contributed by atoms with Gasteiger partial charge in [0, 0.05) is 20.0 Å². The first-order chi connectivity index (χ1) is 13.1. The standard InChI is InChI=1S/C22H28O5/c1-3-26-20-9-7-16(8-10-20)11-17-5-4-6-18(12-17)21-13-19(24)14-22(15-23,25-2)27-21/h4-10,12,19,21,23-24H,3,11,13-15H2,1-2H3/t19?,21?,22-/m1/s1. The molecule has 0 aromatic heterocycles. The van der Waals surface area contributed by atoms with Crippen LogP contribution in [0, 0.1) is 0 Å². The summed E-state index contributed by atoms with van der Waals surface area (Å²) in [6, 6.07) is 16.3. The van der Waals surface area contributed by atoms with Crippen molar-refractivity contribution in [3.8, 4) is 5.75 Å². The normalized spacial score (nSPS) is 25.3. The van der Waals surface area contributed by atoms with Gasteiger partial charge in [0.1, 0.15) is 5.75 Å². The third kappa shape index (κ3) is 4.87. The van der Waals surface area contributed by atoms with Crippen LogP contribution in [0.2, 0.25) is 0 Å². The van der Waals surface area contributed by atoms with Gasteiger partial charge in [-0.25, -0.2) is 0 Å². The molecule has 0 bridgehead atoms. The van der Waals surface area contributed by atoms with Gasteiger partial charge < -0.3 is 24.4 Å². The van der Waals surface area contributed by atoms with Gasteiger partial charge in [-0.3, -0.25) is 0 Å². The molecule has 0 radical (unpaired) electrons. The third-order valence-electron chi connectivity index (χ3n) is 4.97. The Morgan fingerprint density at radius 2 is 1.93 bits per heavy atom. The average Bonchev–Trinajstić information content (AvgIpc) is 2.69. The van der Waals surface area contributed by atoms with E-state index in [0.717, 1.165) is 23.3 Å². The minimum Gasteiger partial charge on any atom is -0.494 e. The van der Waals surface area contributed by atoms with E-state index < -0.39 is 11.9 Å². The smallest absolute Gasteiger partial charge is 0.194 e. The lowest BCUT2D eigenvalue weighted by molar-refractivity contribution is -0.300. The van der Waals surface area contributed by atoms with Crippen LogP contribution in [-0.4, -0.2) is 42.4 Å². The van der Waals surface area contributed by atoms with Gasteiger partial charge in [-0.05, 0) is 42.2 Å². The second kappa shape index (κ2) is 8.85. The van der Waals surface area contributed by atoms with Gasteiger partial charge in [-0.2, -0.15) is 0 Å². The molecule has 0 saturated carbocycles. The maximum Gasteiger partial charge on any atom is 0.194 e. The Balaban J connectivity index is 1.74. The van der Waals surface area contributed by atoms with E-state index in [1.165, 1.54) is 12.7 Å². The van der Waals surface area contributed by atoms with Crippen LogP contribution in [0.1, 0.15) is 42.6 Å². The molecule has 0 amide bonds. The first kappa shape index (κ1) is 19.8. The molecule has 2 aromatic carbocycles. The fraction of sp³-hybridized carbons (Fsp3) is 0.455. The van der Waals surface area contributed by atoms with Crippen LogP contribution >= 0.6 is 0 Å². The van der Waals surface area contributed by atoms with Crippen LogP contribution in [-0.2, 0) is 15.9 Å². The number of hydrogen-bond donors (Lipinski definition) is 2. The molecule has 2 unspecified atom stereocenters. The first-order valence-electron chi connectivity index (χ1n) is 9.40. The fourth-order valence-electron chi connectivity index (χ4n) is 3.56. The summed E-state index contributed by atoms with van der Waals surface area (Å²) in [5.41, 5.74) is 3.33. The quantitative estimate of drug-likeness (QED) is 0.781. The van der Waals surface area contributed by atoms with Crippen molar-refractivity contribution in [3.05, 3.63) is 65.2 Å². The van der Waals surface area contributed by atoms with E-state index in [1.54, 1.807) is 0 Å². The molecule has 2 aromatic rings. The lowest BCUT2D eigenvalue weighted by Crippen LogP contribution is -2.47. The fourth-order valence-corrected chi connectivity index (χ4v) is 3.56. The van der Waals surface area contributed by atoms with Crippen LogP contribution in [0.15, 0.2) is 48.5 Å². The minimum atomic E-state index is -1.15. The molecule has 0 spiro atoms. The topological polar surface area (TPSA) is 68.2 Å². The van der Waals surface area contributed by atoms with E-state index in [0.29, 0.717) is 13.0 Å². The molecule has 2 N–H and O–H groups in total. The van der Waals surface area contributed by atoms with Gasteiger partial charge in [0.25, 0.3) is 0 Å². The summed E-state index contributed by atoms with van der Waals surface area (Å²) < 4.78 is 16.9. The zero-order chi connectivity index (χ0) is 19.3. The molecule has 1 fully saturated rings. The number of rotatable bonds is 7. The van der Waals surface area contributed by atoms with Crippen molar-refractivity contribution in [3.63, 3.8) is 0 Å². The summed E-state index contributed by atoms with van der Waals surface area (Å²) in [5, 5.41) is 19.9. The second-order valence-corrected chi connectivity index (χ2v) is 6.97. The van der Waals surface area contributed by atoms with Crippen LogP contribution in [0.4, 0.5) is 0 Å².